The molecule has 15 heteroatoms. The van der Waals surface area contributed by atoms with Crippen molar-refractivity contribution in [3.05, 3.63) is 77.1 Å². The molecule has 14 nitrogen and oxygen atoms in total. The van der Waals surface area contributed by atoms with E-state index in [-0.39, 0.29) is 37.9 Å². The van der Waals surface area contributed by atoms with Gasteiger partial charge in [-0.1, -0.05) is 24.3 Å². The van der Waals surface area contributed by atoms with Crippen LogP contribution >= 0.6 is 0 Å². The van der Waals surface area contributed by atoms with Crippen LogP contribution in [0.5, 0.6) is 0 Å². The number of aliphatic hydroxyl groups excluding tert-OH is 1. The van der Waals surface area contributed by atoms with Crippen molar-refractivity contribution in [2.45, 2.75) is 31.3 Å². The lowest BCUT2D eigenvalue weighted by Gasteiger charge is -2.26. The summed E-state index contributed by atoms with van der Waals surface area (Å²) in [6.45, 7) is 5.41. The zero-order valence-electron chi connectivity index (χ0n) is 23.1. The van der Waals surface area contributed by atoms with Crippen LogP contribution in [0.1, 0.15) is 20.8 Å². The highest BCUT2D eigenvalue weighted by Gasteiger charge is 2.27. The van der Waals surface area contributed by atoms with Gasteiger partial charge in [0.15, 0.2) is 10.5 Å². The van der Waals surface area contributed by atoms with Crippen molar-refractivity contribution in [3.8, 4) is 11.1 Å². The summed E-state index contributed by atoms with van der Waals surface area (Å²) in [7, 11) is -4.29. The summed E-state index contributed by atoms with van der Waals surface area (Å²) in [5.41, 5.74) is 0.309. The molecule has 2 aromatic carbocycles. The van der Waals surface area contributed by atoms with Crippen LogP contribution in [0.3, 0.4) is 0 Å². The number of ether oxygens (including phenoxy) is 2. The molecular weight excluding hydrogens is 568 g/mol. The number of fused-ring (bicyclic) bond motifs is 1. The second-order valence-corrected chi connectivity index (χ2v) is 11.6. The van der Waals surface area contributed by atoms with Gasteiger partial charge in [0.05, 0.1) is 37.5 Å². The Morgan fingerprint density at radius 2 is 1.90 bits per heavy atom. The van der Waals surface area contributed by atoms with Crippen molar-refractivity contribution in [2.75, 3.05) is 36.0 Å². The van der Waals surface area contributed by atoms with Gasteiger partial charge in [-0.25, -0.2) is 22.7 Å². The fourth-order valence-corrected chi connectivity index (χ4v) is 5.17. The molecule has 0 spiro atoms. The summed E-state index contributed by atoms with van der Waals surface area (Å²) in [6.07, 6.45) is 2.53. The van der Waals surface area contributed by atoms with E-state index >= 15 is 0 Å². The molecule has 0 radical (unpaired) electrons. The number of amides is 1. The van der Waals surface area contributed by atoms with Crippen molar-refractivity contribution in [3.63, 3.8) is 0 Å². The quantitative estimate of drug-likeness (QED) is 0.146. The van der Waals surface area contributed by atoms with Crippen molar-refractivity contribution in [2.24, 2.45) is 0 Å². The molecule has 0 aliphatic rings. The molecule has 0 fully saturated rings. The number of para-hydroxylation sites is 1. The smallest absolute Gasteiger partial charge is 0.416 e. The van der Waals surface area contributed by atoms with E-state index in [9.17, 15) is 23.3 Å². The topological polar surface area (TPSA) is 178 Å². The van der Waals surface area contributed by atoms with Gasteiger partial charge in [-0.15, -0.1) is 0 Å². The van der Waals surface area contributed by atoms with Gasteiger partial charge in [-0.05, 0) is 50.6 Å². The zero-order valence-corrected chi connectivity index (χ0v) is 23.9. The standard InChI is InChI=1S/C27H30N6O8S/c1-27(2,3)41-26(35)31(13-15-40-16-14-34)24-11-12-32-25(29-24)21(18-28-32)19-7-6-8-20(17-19)30-42(38,39)23-10-5-4-9-22(23)33(36)37/h4-12,17-18,30,34H,13-16H2,1-3H3. The fraction of sp³-hybridized carbons (Fsp3) is 0.296. The molecule has 0 aliphatic carbocycles. The number of aliphatic hydroxyl groups is 1. The zero-order chi connectivity index (χ0) is 30.5. The van der Waals surface area contributed by atoms with E-state index < -0.39 is 37.2 Å². The highest BCUT2D eigenvalue weighted by atomic mass is 32.2. The molecule has 42 heavy (non-hydrogen) atoms. The molecule has 2 aromatic heterocycles. The number of aromatic nitrogens is 3. The van der Waals surface area contributed by atoms with Crippen molar-refractivity contribution in [1.82, 2.24) is 14.6 Å². The molecule has 2 N–H and O–H groups in total. The molecule has 0 aliphatic heterocycles. The Morgan fingerprint density at radius 1 is 1.14 bits per heavy atom. The van der Waals surface area contributed by atoms with Gasteiger partial charge >= 0.3 is 6.09 Å². The summed E-state index contributed by atoms with van der Waals surface area (Å²) < 4.78 is 40.9. The number of nitrogens with one attached hydrogen (secondary N) is 1. The lowest BCUT2D eigenvalue weighted by Crippen LogP contribution is -2.39. The number of carbonyl (C=O) groups excluding carboxylic acids is 1. The van der Waals surface area contributed by atoms with Gasteiger partial charge in [0, 0.05) is 23.5 Å². The second-order valence-electron chi connectivity index (χ2n) is 9.99. The Bertz CT molecular complexity index is 1700. The van der Waals surface area contributed by atoms with E-state index in [1.165, 1.54) is 27.6 Å². The van der Waals surface area contributed by atoms with Gasteiger partial charge < -0.3 is 14.6 Å². The van der Waals surface area contributed by atoms with Gasteiger partial charge in [-0.2, -0.15) is 5.10 Å². The maximum atomic E-state index is 13.0. The predicted molar refractivity (Wildman–Crippen MR) is 154 cm³/mol. The van der Waals surface area contributed by atoms with Crippen LogP contribution in [0, 0.1) is 10.1 Å². The summed E-state index contributed by atoms with van der Waals surface area (Å²) in [6, 6.07) is 13.1. The lowest BCUT2D eigenvalue weighted by atomic mass is 10.1. The van der Waals surface area contributed by atoms with Crippen molar-refractivity contribution in [1.29, 1.82) is 0 Å². The summed E-state index contributed by atoms with van der Waals surface area (Å²) in [4.78, 5) is 29.2. The van der Waals surface area contributed by atoms with Crippen LogP contribution in [0.2, 0.25) is 0 Å². The van der Waals surface area contributed by atoms with Crippen LogP contribution in [-0.4, -0.2) is 71.1 Å². The molecule has 222 valence electrons. The first-order valence-electron chi connectivity index (χ1n) is 12.8. The number of anilines is 2. The normalized spacial score (nSPS) is 11.8. The summed E-state index contributed by atoms with van der Waals surface area (Å²) in [5, 5.41) is 24.7. The molecule has 0 unspecified atom stereocenters. The Labute approximate surface area is 241 Å². The van der Waals surface area contributed by atoms with E-state index in [2.05, 4.69) is 14.8 Å². The summed E-state index contributed by atoms with van der Waals surface area (Å²) in [5.74, 6) is 0.263. The Morgan fingerprint density at radius 3 is 2.62 bits per heavy atom. The monoisotopic (exact) mass is 598 g/mol. The number of carbonyl (C=O) groups is 1. The van der Waals surface area contributed by atoms with Crippen molar-refractivity contribution < 1.29 is 32.7 Å². The largest absolute Gasteiger partial charge is 0.443 e. The third-order valence-electron chi connectivity index (χ3n) is 5.72. The van der Waals surface area contributed by atoms with Crippen LogP contribution < -0.4 is 9.62 Å². The molecule has 4 aromatic rings. The first kappa shape index (κ1) is 30.4. The van der Waals surface area contributed by atoms with E-state index in [0.717, 1.165) is 12.1 Å². The van der Waals surface area contributed by atoms with E-state index in [0.29, 0.717) is 16.8 Å². The SMILES string of the molecule is CC(C)(C)OC(=O)N(CCOCCO)c1ccn2ncc(-c3cccc(NS(=O)(=O)c4ccccc4[N+](=O)[O-])c3)c2n1. The number of sulfonamides is 1. The number of benzene rings is 2. The number of nitro benzene ring substituents is 1. The number of nitrogens with zero attached hydrogens (tertiary/aromatic N) is 5. The number of rotatable bonds is 11. The van der Waals surface area contributed by atoms with Crippen molar-refractivity contribution >= 4 is 39.0 Å². The number of hydrogen-bond acceptors (Lipinski definition) is 10. The average Bonchev–Trinajstić information content (AvgIpc) is 3.35. The minimum Gasteiger partial charge on any atom is -0.443 e. The maximum absolute atomic E-state index is 13.0. The molecular formula is C27H30N6O8S. The number of nitro groups is 1. The molecule has 0 bridgehead atoms. The molecule has 0 saturated carbocycles. The van der Waals surface area contributed by atoms with Gasteiger partial charge in [0.1, 0.15) is 11.4 Å². The van der Waals surface area contributed by atoms with E-state index in [4.69, 9.17) is 14.6 Å². The number of hydrogen-bond donors (Lipinski definition) is 2. The molecule has 2 heterocycles. The second kappa shape index (κ2) is 12.5. The first-order valence-corrected chi connectivity index (χ1v) is 14.3. The third-order valence-corrected chi connectivity index (χ3v) is 7.15. The Kier molecular flexibility index (Phi) is 9.04. The Balaban J connectivity index is 1.67. The predicted octanol–water partition coefficient (Wildman–Crippen LogP) is 3.86. The van der Waals surface area contributed by atoms with E-state index in [1.54, 1.807) is 57.4 Å². The molecule has 4 rings (SSSR count). The molecule has 0 saturated heterocycles. The van der Waals surface area contributed by atoms with Gasteiger partial charge in [-0.3, -0.25) is 19.7 Å². The van der Waals surface area contributed by atoms with Crippen LogP contribution in [0.15, 0.2) is 71.9 Å². The van der Waals surface area contributed by atoms with E-state index in [1.807, 2.05) is 0 Å². The molecule has 0 atom stereocenters. The van der Waals surface area contributed by atoms with Gasteiger partial charge in [0.25, 0.3) is 15.7 Å². The van der Waals surface area contributed by atoms with Crippen LogP contribution in [0.4, 0.5) is 22.0 Å². The average molecular weight is 599 g/mol. The first-order chi connectivity index (χ1) is 19.9. The Hall–Kier alpha value is -4.60. The summed E-state index contributed by atoms with van der Waals surface area (Å²) >= 11 is 0. The third kappa shape index (κ3) is 7.18. The highest BCUT2D eigenvalue weighted by molar-refractivity contribution is 7.92. The molecule has 1 amide bonds. The minimum absolute atomic E-state index is 0.102. The highest BCUT2D eigenvalue weighted by Crippen LogP contribution is 2.30. The lowest BCUT2D eigenvalue weighted by molar-refractivity contribution is -0.387. The fourth-order valence-electron chi connectivity index (χ4n) is 3.95. The minimum atomic E-state index is -4.29. The maximum Gasteiger partial charge on any atom is 0.416 e. The van der Waals surface area contributed by atoms with Gasteiger partial charge in [0.2, 0.25) is 0 Å². The van der Waals surface area contributed by atoms with Crippen LogP contribution in [-0.2, 0) is 19.5 Å². The van der Waals surface area contributed by atoms with Crippen LogP contribution in [0.25, 0.3) is 16.8 Å².